The van der Waals surface area contributed by atoms with E-state index in [2.05, 4.69) is 11.4 Å². The number of hydrogen-bond donors (Lipinski definition) is 2. The number of rotatable bonds is 6. The van der Waals surface area contributed by atoms with E-state index >= 15 is 0 Å². The molecule has 2 rings (SSSR count). The van der Waals surface area contributed by atoms with Crippen LogP contribution < -0.4 is 5.32 Å². The van der Waals surface area contributed by atoms with Crippen molar-refractivity contribution in [1.29, 1.82) is 0 Å². The van der Waals surface area contributed by atoms with Crippen LogP contribution in [0.15, 0.2) is 17.5 Å². The van der Waals surface area contributed by atoms with Crippen molar-refractivity contribution in [2.75, 3.05) is 0 Å². The van der Waals surface area contributed by atoms with E-state index in [1.54, 1.807) is 11.3 Å². The molecule has 1 fully saturated rings. The number of thiophene rings is 1. The third-order valence-electron chi connectivity index (χ3n) is 4.30. The highest BCUT2D eigenvalue weighted by Gasteiger charge is 2.42. The molecule has 0 saturated heterocycles. The van der Waals surface area contributed by atoms with Gasteiger partial charge < -0.3 is 10.4 Å². The van der Waals surface area contributed by atoms with Gasteiger partial charge in [0.25, 0.3) is 0 Å². The van der Waals surface area contributed by atoms with Gasteiger partial charge in [-0.2, -0.15) is 0 Å². The van der Waals surface area contributed by atoms with Crippen LogP contribution in [0.3, 0.4) is 0 Å². The van der Waals surface area contributed by atoms with Crippen LogP contribution in [-0.2, 0) is 15.0 Å². The first kappa shape index (κ1) is 16.0. The summed E-state index contributed by atoms with van der Waals surface area (Å²) in [5, 5.41) is 13.8. The van der Waals surface area contributed by atoms with Gasteiger partial charge in [-0.05, 0) is 37.6 Å². The molecule has 1 aliphatic rings. The summed E-state index contributed by atoms with van der Waals surface area (Å²) in [4.78, 5) is 24.6. The van der Waals surface area contributed by atoms with Crippen LogP contribution in [0.1, 0.15) is 56.7 Å². The maximum Gasteiger partial charge on any atom is 0.303 e. The van der Waals surface area contributed by atoms with Gasteiger partial charge in [0.05, 0.1) is 5.41 Å². The third-order valence-corrected chi connectivity index (χ3v) is 5.38. The predicted octanol–water partition coefficient (Wildman–Crippen LogP) is 3.32. The second-order valence-electron chi connectivity index (χ2n) is 5.93. The molecule has 5 heteroatoms. The Morgan fingerprint density at radius 2 is 2.10 bits per heavy atom. The zero-order valence-corrected chi connectivity index (χ0v) is 13.2. The molecule has 1 saturated carbocycles. The zero-order chi connectivity index (χ0) is 15.3. The second kappa shape index (κ2) is 7.07. The monoisotopic (exact) mass is 309 g/mol. The van der Waals surface area contributed by atoms with Gasteiger partial charge in [-0.15, -0.1) is 11.3 Å². The van der Waals surface area contributed by atoms with E-state index in [1.165, 1.54) is 6.42 Å². The summed E-state index contributed by atoms with van der Waals surface area (Å²) in [5.41, 5.74) is -0.399. The quantitative estimate of drug-likeness (QED) is 0.847. The molecule has 0 aromatic carbocycles. The Balaban J connectivity index is 2.07. The summed E-state index contributed by atoms with van der Waals surface area (Å²) in [6.45, 7) is 1.88. The van der Waals surface area contributed by atoms with Crippen molar-refractivity contribution < 1.29 is 14.7 Å². The molecule has 1 aromatic heterocycles. The molecule has 1 aliphatic carbocycles. The van der Waals surface area contributed by atoms with Crippen molar-refractivity contribution in [3.05, 3.63) is 22.4 Å². The second-order valence-corrected chi connectivity index (χ2v) is 6.87. The topological polar surface area (TPSA) is 66.4 Å². The lowest BCUT2D eigenvalue weighted by Crippen LogP contribution is -2.48. The Bertz CT molecular complexity index is 478. The summed E-state index contributed by atoms with van der Waals surface area (Å²) in [5.74, 6) is -0.746. The van der Waals surface area contributed by atoms with Crippen LogP contribution in [-0.4, -0.2) is 23.0 Å². The molecule has 0 bridgehead atoms. The van der Waals surface area contributed by atoms with Gasteiger partial charge in [0.1, 0.15) is 0 Å². The number of carboxylic acids is 1. The summed E-state index contributed by atoms with van der Waals surface area (Å²) in [6.07, 6.45) is 5.70. The highest BCUT2D eigenvalue weighted by atomic mass is 32.1. The molecule has 21 heavy (non-hydrogen) atoms. The number of amides is 1. The van der Waals surface area contributed by atoms with E-state index in [0.717, 1.165) is 30.6 Å². The molecular weight excluding hydrogens is 286 g/mol. The van der Waals surface area contributed by atoms with Crippen LogP contribution in [0.25, 0.3) is 0 Å². The molecule has 1 atom stereocenters. The highest BCUT2D eigenvalue weighted by molar-refractivity contribution is 7.10. The van der Waals surface area contributed by atoms with Gasteiger partial charge in [-0.25, -0.2) is 0 Å². The molecule has 0 aliphatic heterocycles. The standard InChI is InChI=1S/C16H23NO3S/c1-12(7-8-14(18)19)17-15(20)16(9-3-2-4-10-16)13-6-5-11-21-13/h5-6,11-12H,2-4,7-10H2,1H3,(H,17,20)(H,18,19). The summed E-state index contributed by atoms with van der Waals surface area (Å²) < 4.78 is 0. The van der Waals surface area contributed by atoms with Crippen LogP contribution in [0.2, 0.25) is 0 Å². The average Bonchev–Trinajstić information content (AvgIpc) is 3.00. The van der Waals surface area contributed by atoms with Gasteiger partial charge in [0, 0.05) is 17.3 Å². The first-order valence-corrected chi connectivity index (χ1v) is 8.49. The Kier molecular flexibility index (Phi) is 5.39. The fourth-order valence-electron chi connectivity index (χ4n) is 3.07. The fraction of sp³-hybridized carbons (Fsp3) is 0.625. The van der Waals surface area contributed by atoms with E-state index in [0.29, 0.717) is 6.42 Å². The van der Waals surface area contributed by atoms with E-state index in [9.17, 15) is 9.59 Å². The molecule has 4 nitrogen and oxygen atoms in total. The number of carbonyl (C=O) groups is 2. The van der Waals surface area contributed by atoms with Gasteiger partial charge >= 0.3 is 5.97 Å². The molecule has 1 heterocycles. The van der Waals surface area contributed by atoms with E-state index in [1.807, 2.05) is 18.4 Å². The molecule has 0 radical (unpaired) electrons. The lowest BCUT2D eigenvalue weighted by atomic mass is 9.72. The summed E-state index contributed by atoms with van der Waals surface area (Å²) in [7, 11) is 0. The van der Waals surface area contributed by atoms with Crippen LogP contribution in [0.5, 0.6) is 0 Å². The fourth-order valence-corrected chi connectivity index (χ4v) is 4.05. The van der Waals surface area contributed by atoms with Crippen LogP contribution in [0, 0.1) is 0 Å². The van der Waals surface area contributed by atoms with Crippen molar-refractivity contribution in [3.63, 3.8) is 0 Å². The minimum absolute atomic E-state index is 0.0718. The molecule has 1 aromatic rings. The van der Waals surface area contributed by atoms with Crippen molar-refractivity contribution in [1.82, 2.24) is 5.32 Å². The normalized spacial score (nSPS) is 18.9. The number of hydrogen-bond acceptors (Lipinski definition) is 3. The van der Waals surface area contributed by atoms with Gasteiger partial charge in [0.2, 0.25) is 5.91 Å². The maximum atomic E-state index is 12.8. The van der Waals surface area contributed by atoms with Crippen LogP contribution >= 0.6 is 11.3 Å². The van der Waals surface area contributed by atoms with Gasteiger partial charge in [-0.1, -0.05) is 25.3 Å². The smallest absolute Gasteiger partial charge is 0.303 e. The lowest BCUT2D eigenvalue weighted by Gasteiger charge is -2.36. The molecule has 116 valence electrons. The van der Waals surface area contributed by atoms with E-state index < -0.39 is 11.4 Å². The largest absolute Gasteiger partial charge is 0.481 e. The Morgan fingerprint density at radius 3 is 2.67 bits per heavy atom. The summed E-state index contributed by atoms with van der Waals surface area (Å²) in [6, 6.07) is 3.95. The molecule has 2 N–H and O–H groups in total. The van der Waals surface area contributed by atoms with Gasteiger partial charge in [-0.3, -0.25) is 9.59 Å². The maximum absolute atomic E-state index is 12.8. The average molecular weight is 309 g/mol. The minimum atomic E-state index is -0.818. The molecule has 1 amide bonds. The number of carboxylic acid groups (broad SMARTS) is 1. The minimum Gasteiger partial charge on any atom is -0.481 e. The van der Waals surface area contributed by atoms with E-state index in [-0.39, 0.29) is 18.4 Å². The van der Waals surface area contributed by atoms with E-state index in [4.69, 9.17) is 5.11 Å². The predicted molar refractivity (Wildman–Crippen MR) is 83.6 cm³/mol. The summed E-state index contributed by atoms with van der Waals surface area (Å²) >= 11 is 1.65. The first-order valence-electron chi connectivity index (χ1n) is 7.61. The Morgan fingerprint density at radius 1 is 1.38 bits per heavy atom. The Labute approximate surface area is 129 Å². The van der Waals surface area contributed by atoms with Gasteiger partial charge in [0.15, 0.2) is 0 Å². The zero-order valence-electron chi connectivity index (χ0n) is 12.4. The number of carbonyl (C=O) groups excluding carboxylic acids is 1. The van der Waals surface area contributed by atoms with Crippen molar-refractivity contribution in [2.24, 2.45) is 0 Å². The lowest BCUT2D eigenvalue weighted by molar-refractivity contribution is -0.137. The highest BCUT2D eigenvalue weighted by Crippen LogP contribution is 2.41. The Hall–Kier alpha value is -1.36. The van der Waals surface area contributed by atoms with Crippen molar-refractivity contribution in [3.8, 4) is 0 Å². The van der Waals surface area contributed by atoms with Crippen molar-refractivity contribution in [2.45, 2.75) is 63.3 Å². The molecular formula is C16H23NO3S. The van der Waals surface area contributed by atoms with Crippen molar-refractivity contribution >= 4 is 23.2 Å². The number of nitrogens with one attached hydrogen (secondary N) is 1. The number of aliphatic carboxylic acids is 1. The first-order chi connectivity index (χ1) is 10.0. The SMILES string of the molecule is CC(CCC(=O)O)NC(=O)C1(c2cccs2)CCCCC1. The molecule has 0 spiro atoms. The third kappa shape index (κ3) is 3.84. The van der Waals surface area contributed by atoms with Crippen LogP contribution in [0.4, 0.5) is 0 Å². The molecule has 1 unspecified atom stereocenters.